The van der Waals surface area contributed by atoms with Gasteiger partial charge in [-0.3, -0.25) is 9.89 Å². The molecule has 0 aromatic carbocycles. The zero-order valence-corrected chi connectivity index (χ0v) is 13.6. The van der Waals surface area contributed by atoms with Crippen LogP contribution < -0.4 is 10.6 Å². The number of hydrogen-bond acceptors (Lipinski definition) is 3. The second kappa shape index (κ2) is 10.00. The summed E-state index contributed by atoms with van der Waals surface area (Å²) in [7, 11) is 0. The molecule has 0 radical (unpaired) electrons. The van der Waals surface area contributed by atoms with Crippen molar-refractivity contribution in [2.24, 2.45) is 4.99 Å². The fourth-order valence-corrected chi connectivity index (χ4v) is 2.27. The number of nitrogens with one attached hydrogen (secondary N) is 2. The Morgan fingerprint density at radius 1 is 1.30 bits per heavy atom. The lowest BCUT2D eigenvalue weighted by atomic mass is 10.3. The van der Waals surface area contributed by atoms with Gasteiger partial charge in [0.2, 0.25) is 0 Å². The van der Waals surface area contributed by atoms with E-state index in [2.05, 4.69) is 41.3 Å². The van der Waals surface area contributed by atoms with Gasteiger partial charge in [-0.2, -0.15) is 0 Å². The number of guanidine groups is 1. The van der Waals surface area contributed by atoms with Crippen molar-refractivity contribution in [1.82, 2.24) is 15.5 Å². The number of aliphatic imine (C=N–C) groups is 1. The minimum atomic E-state index is 0.617. The summed E-state index contributed by atoms with van der Waals surface area (Å²) in [4.78, 5) is 7.20. The summed E-state index contributed by atoms with van der Waals surface area (Å²) in [5, 5.41) is 6.57. The second-order valence-corrected chi connectivity index (χ2v) is 5.45. The molecule has 0 atom stereocenters. The van der Waals surface area contributed by atoms with Crippen LogP contribution in [0.25, 0.3) is 0 Å². The van der Waals surface area contributed by atoms with E-state index in [1.54, 1.807) is 0 Å². The van der Waals surface area contributed by atoms with Crippen molar-refractivity contribution in [2.45, 2.75) is 52.6 Å². The van der Waals surface area contributed by atoms with Gasteiger partial charge in [0, 0.05) is 38.3 Å². The van der Waals surface area contributed by atoms with Crippen molar-refractivity contribution in [1.29, 1.82) is 0 Å². The molecule has 0 saturated heterocycles. The SMILES string of the molecule is CCNC(=NCCN(C(C)C)C1CC1)NCCOCC. The monoisotopic (exact) mass is 284 g/mol. The number of ether oxygens (including phenoxy) is 1. The molecule has 1 aliphatic carbocycles. The summed E-state index contributed by atoms with van der Waals surface area (Å²) >= 11 is 0. The summed E-state index contributed by atoms with van der Waals surface area (Å²) < 4.78 is 5.32. The third-order valence-electron chi connectivity index (χ3n) is 3.39. The Morgan fingerprint density at radius 2 is 2.05 bits per heavy atom. The molecule has 0 amide bonds. The van der Waals surface area contributed by atoms with Gasteiger partial charge in [-0.1, -0.05) is 0 Å². The molecule has 1 rings (SSSR count). The first-order valence-electron chi connectivity index (χ1n) is 8.04. The lowest BCUT2D eigenvalue weighted by molar-refractivity contribution is 0.152. The van der Waals surface area contributed by atoms with E-state index in [0.717, 1.165) is 51.4 Å². The van der Waals surface area contributed by atoms with Crippen LogP contribution in [-0.4, -0.2) is 62.3 Å². The van der Waals surface area contributed by atoms with Crippen LogP contribution >= 0.6 is 0 Å². The average Bonchev–Trinajstić information content (AvgIpc) is 3.23. The van der Waals surface area contributed by atoms with Crippen LogP contribution in [0.5, 0.6) is 0 Å². The van der Waals surface area contributed by atoms with Crippen molar-refractivity contribution in [2.75, 3.05) is 39.4 Å². The summed E-state index contributed by atoms with van der Waals surface area (Å²) in [5.41, 5.74) is 0. The molecule has 0 aromatic rings. The highest BCUT2D eigenvalue weighted by molar-refractivity contribution is 5.79. The fraction of sp³-hybridized carbons (Fsp3) is 0.933. The summed E-state index contributed by atoms with van der Waals surface area (Å²) in [6.45, 7) is 13.7. The van der Waals surface area contributed by atoms with Gasteiger partial charge in [0.05, 0.1) is 13.2 Å². The molecule has 5 heteroatoms. The lowest BCUT2D eigenvalue weighted by Gasteiger charge is -2.25. The van der Waals surface area contributed by atoms with Crippen LogP contribution in [-0.2, 0) is 4.74 Å². The quantitative estimate of drug-likeness (QED) is 0.362. The molecule has 5 nitrogen and oxygen atoms in total. The van der Waals surface area contributed by atoms with E-state index in [1.165, 1.54) is 12.8 Å². The molecule has 1 saturated carbocycles. The van der Waals surface area contributed by atoms with E-state index in [4.69, 9.17) is 4.74 Å². The van der Waals surface area contributed by atoms with Crippen molar-refractivity contribution in [3.8, 4) is 0 Å². The minimum absolute atomic E-state index is 0.617. The molecular formula is C15H32N4O. The van der Waals surface area contributed by atoms with E-state index >= 15 is 0 Å². The molecule has 2 N–H and O–H groups in total. The second-order valence-electron chi connectivity index (χ2n) is 5.45. The smallest absolute Gasteiger partial charge is 0.191 e. The van der Waals surface area contributed by atoms with Crippen LogP contribution in [0.2, 0.25) is 0 Å². The van der Waals surface area contributed by atoms with E-state index in [0.29, 0.717) is 6.04 Å². The first-order valence-corrected chi connectivity index (χ1v) is 8.04. The summed E-state index contributed by atoms with van der Waals surface area (Å²) in [6.07, 6.45) is 2.71. The molecule has 1 fully saturated rings. The zero-order chi connectivity index (χ0) is 14.8. The normalized spacial score (nSPS) is 16.0. The molecule has 0 aromatic heterocycles. The maximum absolute atomic E-state index is 5.32. The van der Waals surface area contributed by atoms with E-state index in [1.807, 2.05) is 6.92 Å². The highest BCUT2D eigenvalue weighted by Gasteiger charge is 2.29. The van der Waals surface area contributed by atoms with Crippen LogP contribution in [0.1, 0.15) is 40.5 Å². The van der Waals surface area contributed by atoms with E-state index in [9.17, 15) is 0 Å². The van der Waals surface area contributed by atoms with Crippen molar-refractivity contribution >= 4 is 5.96 Å². The molecular weight excluding hydrogens is 252 g/mol. The Kier molecular flexibility index (Phi) is 8.62. The van der Waals surface area contributed by atoms with Gasteiger partial charge in [0.1, 0.15) is 0 Å². The maximum Gasteiger partial charge on any atom is 0.191 e. The van der Waals surface area contributed by atoms with Gasteiger partial charge in [-0.15, -0.1) is 0 Å². The highest BCUT2D eigenvalue weighted by atomic mass is 16.5. The topological polar surface area (TPSA) is 48.9 Å². The Hall–Kier alpha value is -0.810. The Labute approximate surface area is 124 Å². The van der Waals surface area contributed by atoms with Gasteiger partial charge in [-0.25, -0.2) is 0 Å². The Balaban J connectivity index is 2.29. The zero-order valence-electron chi connectivity index (χ0n) is 13.6. The van der Waals surface area contributed by atoms with Crippen molar-refractivity contribution < 1.29 is 4.74 Å². The predicted octanol–water partition coefficient (Wildman–Crippen LogP) is 1.45. The third kappa shape index (κ3) is 7.10. The fourth-order valence-electron chi connectivity index (χ4n) is 2.27. The van der Waals surface area contributed by atoms with Crippen LogP contribution in [0.15, 0.2) is 4.99 Å². The standard InChI is InChI=1S/C15H32N4O/c1-5-16-15(18-10-12-20-6-2)17-9-11-19(13(3)4)14-7-8-14/h13-14H,5-12H2,1-4H3,(H2,16,17,18). The van der Waals surface area contributed by atoms with Gasteiger partial charge >= 0.3 is 0 Å². The van der Waals surface area contributed by atoms with Crippen LogP contribution in [0.3, 0.4) is 0 Å². The molecule has 118 valence electrons. The van der Waals surface area contributed by atoms with E-state index in [-0.39, 0.29) is 0 Å². The van der Waals surface area contributed by atoms with Crippen LogP contribution in [0, 0.1) is 0 Å². The van der Waals surface area contributed by atoms with Gasteiger partial charge in [0.25, 0.3) is 0 Å². The number of hydrogen-bond donors (Lipinski definition) is 2. The first kappa shape index (κ1) is 17.2. The van der Waals surface area contributed by atoms with Gasteiger partial charge in [-0.05, 0) is 40.5 Å². The highest BCUT2D eigenvalue weighted by Crippen LogP contribution is 2.28. The number of nitrogens with zero attached hydrogens (tertiary/aromatic N) is 2. The Morgan fingerprint density at radius 3 is 2.60 bits per heavy atom. The Bertz CT molecular complexity index is 275. The molecule has 0 spiro atoms. The van der Waals surface area contributed by atoms with Crippen LogP contribution in [0.4, 0.5) is 0 Å². The van der Waals surface area contributed by atoms with E-state index < -0.39 is 0 Å². The molecule has 20 heavy (non-hydrogen) atoms. The average molecular weight is 284 g/mol. The lowest BCUT2D eigenvalue weighted by Crippen LogP contribution is -2.40. The largest absolute Gasteiger partial charge is 0.380 e. The summed E-state index contributed by atoms with van der Waals surface area (Å²) in [6, 6.07) is 1.42. The van der Waals surface area contributed by atoms with Crippen molar-refractivity contribution in [3.63, 3.8) is 0 Å². The molecule has 0 bridgehead atoms. The first-order chi connectivity index (χ1) is 9.69. The molecule has 0 aliphatic heterocycles. The maximum atomic E-state index is 5.32. The number of rotatable bonds is 10. The van der Waals surface area contributed by atoms with Crippen molar-refractivity contribution in [3.05, 3.63) is 0 Å². The molecule has 0 heterocycles. The minimum Gasteiger partial charge on any atom is -0.380 e. The molecule has 1 aliphatic rings. The van der Waals surface area contributed by atoms with Gasteiger partial charge in [0.15, 0.2) is 5.96 Å². The van der Waals surface area contributed by atoms with Gasteiger partial charge < -0.3 is 15.4 Å². The third-order valence-corrected chi connectivity index (χ3v) is 3.39. The predicted molar refractivity (Wildman–Crippen MR) is 85.3 cm³/mol. The summed E-state index contributed by atoms with van der Waals surface area (Å²) in [5.74, 6) is 0.895. The molecule has 0 unspecified atom stereocenters.